The molecule has 0 radical (unpaired) electrons. The highest BCUT2D eigenvalue weighted by molar-refractivity contribution is 6.31. The number of fused-ring (bicyclic) bond motifs is 1. The molecule has 0 aliphatic rings. The van der Waals surface area contributed by atoms with Crippen LogP contribution in [0, 0.1) is 12.7 Å². The van der Waals surface area contributed by atoms with Gasteiger partial charge in [-0.05, 0) is 43.2 Å². The monoisotopic (exact) mass is 359 g/mol. The molecule has 3 rings (SSSR count). The zero-order valence-electron chi connectivity index (χ0n) is 14.1. The third-order valence-corrected chi connectivity index (χ3v) is 4.16. The van der Waals surface area contributed by atoms with Crippen LogP contribution in [0.2, 0.25) is 5.02 Å². The summed E-state index contributed by atoms with van der Waals surface area (Å²) in [7, 11) is 0. The van der Waals surface area contributed by atoms with Crippen molar-refractivity contribution in [2.24, 2.45) is 0 Å². The topological polar surface area (TPSA) is 47.0 Å². The summed E-state index contributed by atoms with van der Waals surface area (Å²) in [6, 6.07) is 8.37. The predicted octanol–water partition coefficient (Wildman–Crippen LogP) is 5.65. The summed E-state index contributed by atoms with van der Waals surface area (Å²) in [5.74, 6) is 1.01. The lowest BCUT2D eigenvalue weighted by atomic mass is 10.1. The minimum Gasteiger partial charge on any atom is -0.493 e. The summed E-state index contributed by atoms with van der Waals surface area (Å²) in [6.07, 6.45) is 3.59. The first-order valence-electron chi connectivity index (χ1n) is 8.18. The van der Waals surface area contributed by atoms with Crippen molar-refractivity contribution < 1.29 is 9.13 Å². The van der Waals surface area contributed by atoms with Gasteiger partial charge >= 0.3 is 0 Å². The number of nitrogens with zero attached hydrogens (tertiary/aromatic N) is 2. The maximum absolute atomic E-state index is 13.3. The van der Waals surface area contributed by atoms with Gasteiger partial charge in [0.15, 0.2) is 0 Å². The van der Waals surface area contributed by atoms with Crippen molar-refractivity contribution in [2.45, 2.75) is 26.7 Å². The Morgan fingerprint density at radius 1 is 1.20 bits per heavy atom. The van der Waals surface area contributed by atoms with E-state index in [0.717, 1.165) is 35.1 Å². The van der Waals surface area contributed by atoms with Crippen LogP contribution in [-0.2, 0) is 0 Å². The number of nitrogens with one attached hydrogen (secondary N) is 1. The first-order valence-corrected chi connectivity index (χ1v) is 8.56. The van der Waals surface area contributed by atoms with Crippen LogP contribution in [0.3, 0.4) is 0 Å². The Hall–Kier alpha value is -2.40. The second-order valence-corrected chi connectivity index (χ2v) is 6.22. The normalized spacial score (nSPS) is 10.9. The molecule has 1 N–H and O–H groups in total. The standard InChI is InChI=1S/C19H19ClFN3O/c1-3-4-7-25-18-10-17-14(8-12(18)2)19(23-11-22-17)24-13-5-6-16(21)15(20)9-13/h5-6,8-11H,3-4,7H2,1-2H3,(H,22,23,24). The van der Waals surface area contributed by atoms with E-state index in [2.05, 4.69) is 22.2 Å². The lowest BCUT2D eigenvalue weighted by Gasteiger charge is -2.13. The van der Waals surface area contributed by atoms with Crippen LogP contribution in [0.15, 0.2) is 36.7 Å². The Morgan fingerprint density at radius 3 is 2.80 bits per heavy atom. The van der Waals surface area contributed by atoms with Gasteiger partial charge in [0.05, 0.1) is 17.1 Å². The van der Waals surface area contributed by atoms with Gasteiger partial charge in [-0.25, -0.2) is 14.4 Å². The molecular weight excluding hydrogens is 341 g/mol. The Kier molecular flexibility index (Phi) is 5.34. The van der Waals surface area contributed by atoms with E-state index in [0.29, 0.717) is 18.1 Å². The highest BCUT2D eigenvalue weighted by atomic mass is 35.5. The smallest absolute Gasteiger partial charge is 0.141 e. The van der Waals surface area contributed by atoms with Crippen molar-refractivity contribution >= 4 is 34.0 Å². The Morgan fingerprint density at radius 2 is 2.04 bits per heavy atom. The molecule has 130 valence electrons. The zero-order chi connectivity index (χ0) is 17.8. The highest BCUT2D eigenvalue weighted by Gasteiger charge is 2.10. The van der Waals surface area contributed by atoms with E-state index < -0.39 is 5.82 Å². The lowest BCUT2D eigenvalue weighted by Crippen LogP contribution is -2.00. The van der Waals surface area contributed by atoms with E-state index in [1.165, 1.54) is 18.5 Å². The number of unbranched alkanes of at least 4 members (excludes halogenated alkanes) is 1. The third-order valence-electron chi connectivity index (χ3n) is 3.87. The van der Waals surface area contributed by atoms with Crippen LogP contribution in [0.5, 0.6) is 5.75 Å². The fourth-order valence-corrected chi connectivity index (χ4v) is 2.66. The SMILES string of the molecule is CCCCOc1cc2ncnc(Nc3ccc(F)c(Cl)c3)c2cc1C. The number of benzene rings is 2. The molecule has 0 atom stereocenters. The fourth-order valence-electron chi connectivity index (χ4n) is 2.48. The van der Waals surface area contributed by atoms with E-state index in [1.807, 2.05) is 19.1 Å². The summed E-state index contributed by atoms with van der Waals surface area (Å²) in [5.41, 5.74) is 2.45. The highest BCUT2D eigenvalue weighted by Crippen LogP contribution is 2.30. The van der Waals surface area contributed by atoms with Gasteiger partial charge in [-0.3, -0.25) is 0 Å². The van der Waals surface area contributed by atoms with Crippen molar-refractivity contribution in [2.75, 3.05) is 11.9 Å². The van der Waals surface area contributed by atoms with E-state index in [1.54, 1.807) is 6.07 Å². The molecule has 0 unspecified atom stereocenters. The van der Waals surface area contributed by atoms with Gasteiger partial charge in [-0.1, -0.05) is 24.9 Å². The average Bonchev–Trinajstić information content (AvgIpc) is 2.59. The van der Waals surface area contributed by atoms with Gasteiger partial charge in [-0.15, -0.1) is 0 Å². The molecule has 0 fully saturated rings. The quantitative estimate of drug-likeness (QED) is 0.577. The van der Waals surface area contributed by atoms with E-state index >= 15 is 0 Å². The Labute approximate surface area is 151 Å². The summed E-state index contributed by atoms with van der Waals surface area (Å²) < 4.78 is 19.1. The number of aryl methyl sites for hydroxylation is 1. The number of hydrogen-bond donors (Lipinski definition) is 1. The number of aromatic nitrogens is 2. The summed E-state index contributed by atoms with van der Waals surface area (Å²) in [5, 5.41) is 4.10. The van der Waals surface area contributed by atoms with Gasteiger partial charge < -0.3 is 10.1 Å². The molecule has 0 saturated carbocycles. The van der Waals surface area contributed by atoms with Crippen LogP contribution in [0.1, 0.15) is 25.3 Å². The van der Waals surface area contributed by atoms with Crippen molar-refractivity contribution in [3.05, 3.63) is 53.1 Å². The molecular formula is C19H19ClFN3O. The number of rotatable bonds is 6. The van der Waals surface area contributed by atoms with Gasteiger partial charge in [0.25, 0.3) is 0 Å². The third kappa shape index (κ3) is 3.99. The zero-order valence-corrected chi connectivity index (χ0v) is 14.9. The minimum atomic E-state index is -0.454. The van der Waals surface area contributed by atoms with Crippen molar-refractivity contribution in [1.82, 2.24) is 9.97 Å². The van der Waals surface area contributed by atoms with E-state index in [-0.39, 0.29) is 5.02 Å². The molecule has 1 aromatic heterocycles. The van der Waals surface area contributed by atoms with Crippen LogP contribution >= 0.6 is 11.6 Å². The van der Waals surface area contributed by atoms with Gasteiger partial charge in [-0.2, -0.15) is 0 Å². The number of anilines is 2. The number of halogens is 2. The number of ether oxygens (including phenoxy) is 1. The number of hydrogen-bond acceptors (Lipinski definition) is 4. The maximum atomic E-state index is 13.3. The largest absolute Gasteiger partial charge is 0.493 e. The van der Waals surface area contributed by atoms with Gasteiger partial charge in [0.2, 0.25) is 0 Å². The van der Waals surface area contributed by atoms with Gasteiger partial charge in [0.1, 0.15) is 23.7 Å². The van der Waals surface area contributed by atoms with Crippen LogP contribution in [-0.4, -0.2) is 16.6 Å². The molecule has 4 nitrogen and oxygen atoms in total. The molecule has 1 heterocycles. The first kappa shape index (κ1) is 17.4. The molecule has 0 saturated heterocycles. The summed E-state index contributed by atoms with van der Waals surface area (Å²) >= 11 is 5.84. The summed E-state index contributed by atoms with van der Waals surface area (Å²) in [6.45, 7) is 4.81. The molecule has 0 bridgehead atoms. The first-order chi connectivity index (χ1) is 12.1. The Bertz CT molecular complexity index is 901. The molecule has 2 aromatic carbocycles. The van der Waals surface area contributed by atoms with Crippen molar-refractivity contribution in [1.29, 1.82) is 0 Å². The molecule has 6 heteroatoms. The van der Waals surface area contributed by atoms with Crippen LogP contribution < -0.4 is 10.1 Å². The second kappa shape index (κ2) is 7.66. The predicted molar refractivity (Wildman–Crippen MR) is 99.4 cm³/mol. The molecule has 0 aliphatic carbocycles. The molecule has 0 amide bonds. The maximum Gasteiger partial charge on any atom is 0.141 e. The van der Waals surface area contributed by atoms with Gasteiger partial charge in [0, 0.05) is 17.1 Å². The van der Waals surface area contributed by atoms with E-state index in [9.17, 15) is 4.39 Å². The molecule has 25 heavy (non-hydrogen) atoms. The van der Waals surface area contributed by atoms with E-state index in [4.69, 9.17) is 16.3 Å². The fraction of sp³-hybridized carbons (Fsp3) is 0.263. The van der Waals surface area contributed by atoms with Crippen LogP contribution in [0.4, 0.5) is 15.9 Å². The molecule has 3 aromatic rings. The lowest BCUT2D eigenvalue weighted by molar-refractivity contribution is 0.308. The summed E-state index contributed by atoms with van der Waals surface area (Å²) in [4.78, 5) is 8.63. The Balaban J connectivity index is 1.93. The molecule has 0 spiro atoms. The van der Waals surface area contributed by atoms with Crippen molar-refractivity contribution in [3.8, 4) is 5.75 Å². The van der Waals surface area contributed by atoms with Crippen molar-refractivity contribution in [3.63, 3.8) is 0 Å². The van der Waals surface area contributed by atoms with Crippen LogP contribution in [0.25, 0.3) is 10.9 Å². The average molecular weight is 360 g/mol. The minimum absolute atomic E-state index is 0.0613. The molecule has 0 aliphatic heterocycles. The second-order valence-electron chi connectivity index (χ2n) is 5.81.